The average Bonchev–Trinajstić information content (AvgIpc) is 3.08. The van der Waals surface area contributed by atoms with E-state index in [4.69, 9.17) is 4.74 Å². The summed E-state index contributed by atoms with van der Waals surface area (Å²) >= 11 is 0. The number of anilines is 1. The number of hydrogen-bond donors (Lipinski definition) is 0. The highest BCUT2D eigenvalue weighted by molar-refractivity contribution is 5.72. The first-order chi connectivity index (χ1) is 10.3. The summed E-state index contributed by atoms with van der Waals surface area (Å²) in [4.78, 5) is 11.5. The van der Waals surface area contributed by atoms with Crippen LogP contribution in [0.15, 0.2) is 36.7 Å². The zero-order valence-corrected chi connectivity index (χ0v) is 12.6. The summed E-state index contributed by atoms with van der Waals surface area (Å²) in [7, 11) is 1.73. The van der Waals surface area contributed by atoms with Crippen molar-refractivity contribution in [1.82, 2.24) is 9.97 Å². The van der Waals surface area contributed by atoms with Crippen LogP contribution in [0.5, 0.6) is 0 Å². The molecule has 1 aromatic carbocycles. The molecule has 0 spiro atoms. The van der Waals surface area contributed by atoms with E-state index in [2.05, 4.69) is 46.1 Å². The van der Waals surface area contributed by atoms with Crippen LogP contribution in [0.1, 0.15) is 31.4 Å². The molecule has 4 nitrogen and oxygen atoms in total. The molecule has 0 bridgehead atoms. The van der Waals surface area contributed by atoms with Gasteiger partial charge in [0, 0.05) is 38.2 Å². The lowest BCUT2D eigenvalue weighted by atomic mass is 10.0. The zero-order chi connectivity index (χ0) is 14.7. The van der Waals surface area contributed by atoms with Crippen molar-refractivity contribution >= 4 is 5.82 Å². The lowest BCUT2D eigenvalue weighted by molar-refractivity contribution is 0.119. The molecule has 0 saturated carbocycles. The normalized spacial score (nSPS) is 16.2. The molecular formula is C17H21N3O. The first-order valence-electron chi connectivity index (χ1n) is 7.48. The molecule has 110 valence electrons. The Labute approximate surface area is 125 Å². The van der Waals surface area contributed by atoms with E-state index in [1.165, 1.54) is 12.8 Å². The van der Waals surface area contributed by atoms with Gasteiger partial charge >= 0.3 is 0 Å². The number of nitrogens with zero attached hydrogens (tertiary/aromatic N) is 3. The van der Waals surface area contributed by atoms with Gasteiger partial charge in [0.25, 0.3) is 0 Å². The van der Waals surface area contributed by atoms with Gasteiger partial charge in [-0.2, -0.15) is 0 Å². The average molecular weight is 283 g/mol. The van der Waals surface area contributed by atoms with Gasteiger partial charge in [-0.25, -0.2) is 4.98 Å². The van der Waals surface area contributed by atoms with Crippen molar-refractivity contribution in [3.8, 4) is 11.3 Å². The molecule has 4 heteroatoms. The quantitative estimate of drug-likeness (QED) is 0.861. The second kappa shape index (κ2) is 6.22. The summed E-state index contributed by atoms with van der Waals surface area (Å²) in [6.45, 7) is 4.19. The predicted octanol–water partition coefficient (Wildman–Crippen LogP) is 3.45. The Kier molecular flexibility index (Phi) is 4.15. The van der Waals surface area contributed by atoms with Crippen LogP contribution in [0.25, 0.3) is 11.3 Å². The van der Waals surface area contributed by atoms with Crippen molar-refractivity contribution in [3.05, 3.63) is 42.2 Å². The Morgan fingerprint density at radius 3 is 2.67 bits per heavy atom. The monoisotopic (exact) mass is 283 g/mol. The fourth-order valence-electron chi connectivity index (χ4n) is 2.77. The minimum absolute atomic E-state index is 0.0804. The molecule has 3 rings (SSSR count). The number of benzene rings is 1. The Balaban J connectivity index is 2.00. The van der Waals surface area contributed by atoms with Crippen molar-refractivity contribution in [2.75, 3.05) is 25.1 Å². The van der Waals surface area contributed by atoms with Crippen LogP contribution < -0.4 is 4.90 Å². The molecule has 21 heavy (non-hydrogen) atoms. The van der Waals surface area contributed by atoms with E-state index in [1.54, 1.807) is 19.5 Å². The molecule has 0 aliphatic carbocycles. The van der Waals surface area contributed by atoms with Crippen LogP contribution in [-0.4, -0.2) is 30.2 Å². The maximum atomic E-state index is 5.41. The van der Waals surface area contributed by atoms with Gasteiger partial charge in [0.1, 0.15) is 5.69 Å². The molecule has 2 aromatic rings. The molecule has 1 aromatic heterocycles. The number of rotatable bonds is 4. The van der Waals surface area contributed by atoms with E-state index in [0.29, 0.717) is 0 Å². The van der Waals surface area contributed by atoms with Crippen LogP contribution in [0.3, 0.4) is 0 Å². The van der Waals surface area contributed by atoms with Crippen LogP contribution >= 0.6 is 0 Å². The summed E-state index contributed by atoms with van der Waals surface area (Å²) in [5, 5.41) is 0. The summed E-state index contributed by atoms with van der Waals surface area (Å²) in [5.41, 5.74) is 3.23. The summed E-state index contributed by atoms with van der Waals surface area (Å²) < 4.78 is 5.41. The third-order valence-corrected chi connectivity index (χ3v) is 4.07. The summed E-state index contributed by atoms with van der Waals surface area (Å²) in [6.07, 6.45) is 6.09. The van der Waals surface area contributed by atoms with E-state index >= 15 is 0 Å². The second-order valence-corrected chi connectivity index (χ2v) is 5.43. The zero-order valence-electron chi connectivity index (χ0n) is 12.6. The maximum absolute atomic E-state index is 5.41. The fraction of sp³-hybridized carbons (Fsp3) is 0.412. The third-order valence-electron chi connectivity index (χ3n) is 4.07. The largest absolute Gasteiger partial charge is 0.377 e. The smallest absolute Gasteiger partial charge is 0.155 e. The van der Waals surface area contributed by atoms with Crippen molar-refractivity contribution in [1.29, 1.82) is 0 Å². The molecular weight excluding hydrogens is 262 g/mol. The van der Waals surface area contributed by atoms with Crippen LogP contribution in [-0.2, 0) is 4.74 Å². The van der Waals surface area contributed by atoms with E-state index in [9.17, 15) is 0 Å². The van der Waals surface area contributed by atoms with Crippen LogP contribution in [0.4, 0.5) is 5.82 Å². The molecule has 0 amide bonds. The number of aromatic nitrogens is 2. The van der Waals surface area contributed by atoms with Crippen LogP contribution in [0, 0.1) is 0 Å². The first kappa shape index (κ1) is 14.0. The van der Waals surface area contributed by atoms with Gasteiger partial charge in [-0.05, 0) is 31.4 Å². The highest BCUT2D eigenvalue weighted by Crippen LogP contribution is 2.30. The van der Waals surface area contributed by atoms with Gasteiger partial charge in [-0.3, -0.25) is 4.98 Å². The second-order valence-electron chi connectivity index (χ2n) is 5.43. The Hall–Kier alpha value is -1.94. The highest BCUT2D eigenvalue weighted by atomic mass is 16.5. The van der Waals surface area contributed by atoms with Gasteiger partial charge in [0.05, 0.1) is 6.10 Å². The molecule has 2 heterocycles. The van der Waals surface area contributed by atoms with E-state index in [-0.39, 0.29) is 6.10 Å². The summed E-state index contributed by atoms with van der Waals surface area (Å²) in [6, 6.07) is 8.39. The molecule has 1 atom stereocenters. The van der Waals surface area contributed by atoms with E-state index < -0.39 is 0 Å². The molecule has 1 aliphatic rings. The van der Waals surface area contributed by atoms with Crippen LogP contribution in [0.2, 0.25) is 0 Å². The van der Waals surface area contributed by atoms with Gasteiger partial charge < -0.3 is 9.64 Å². The topological polar surface area (TPSA) is 38.3 Å². The summed E-state index contributed by atoms with van der Waals surface area (Å²) in [5.74, 6) is 0.997. The lowest BCUT2D eigenvalue weighted by Crippen LogP contribution is -2.20. The Bertz CT molecular complexity index is 608. The highest BCUT2D eigenvalue weighted by Gasteiger charge is 2.19. The molecule has 1 saturated heterocycles. The van der Waals surface area contributed by atoms with Crippen molar-refractivity contribution in [3.63, 3.8) is 0 Å². The molecule has 0 radical (unpaired) electrons. The molecule has 1 aliphatic heterocycles. The van der Waals surface area contributed by atoms with Gasteiger partial charge in [0.15, 0.2) is 5.82 Å². The fourth-order valence-corrected chi connectivity index (χ4v) is 2.77. The maximum Gasteiger partial charge on any atom is 0.155 e. The third kappa shape index (κ3) is 2.90. The van der Waals surface area contributed by atoms with Gasteiger partial charge in [-0.15, -0.1) is 0 Å². The lowest BCUT2D eigenvalue weighted by Gasteiger charge is -2.19. The minimum Gasteiger partial charge on any atom is -0.377 e. The number of ether oxygens (including phenoxy) is 1. The Morgan fingerprint density at radius 1 is 1.14 bits per heavy atom. The molecule has 1 fully saturated rings. The first-order valence-corrected chi connectivity index (χ1v) is 7.48. The predicted molar refractivity (Wildman–Crippen MR) is 84.3 cm³/mol. The van der Waals surface area contributed by atoms with Crippen molar-refractivity contribution in [2.24, 2.45) is 0 Å². The SMILES string of the molecule is COC(C)c1cccc(-c2nccnc2N2CCCC2)c1. The number of hydrogen-bond acceptors (Lipinski definition) is 4. The van der Waals surface area contributed by atoms with E-state index in [1.807, 2.05) is 0 Å². The molecule has 0 N–H and O–H groups in total. The minimum atomic E-state index is 0.0804. The molecule has 1 unspecified atom stereocenters. The van der Waals surface area contributed by atoms with Crippen molar-refractivity contribution < 1.29 is 4.74 Å². The Morgan fingerprint density at radius 2 is 1.90 bits per heavy atom. The number of methoxy groups -OCH3 is 1. The van der Waals surface area contributed by atoms with Gasteiger partial charge in [-0.1, -0.05) is 18.2 Å². The standard InChI is InChI=1S/C17H21N3O/c1-13(21-2)14-6-5-7-15(12-14)16-17(19-9-8-18-16)20-10-3-4-11-20/h5-9,12-13H,3-4,10-11H2,1-2H3. The van der Waals surface area contributed by atoms with E-state index in [0.717, 1.165) is 35.7 Å². The van der Waals surface area contributed by atoms with Gasteiger partial charge in [0.2, 0.25) is 0 Å². The van der Waals surface area contributed by atoms with Crippen molar-refractivity contribution in [2.45, 2.75) is 25.9 Å².